The Morgan fingerprint density at radius 2 is 1.60 bits per heavy atom. The number of hydrogen-bond donors (Lipinski definition) is 2. The second kappa shape index (κ2) is 8.81. The zero-order chi connectivity index (χ0) is 22.1. The van der Waals surface area contributed by atoms with Gasteiger partial charge in [-0.05, 0) is 42.7 Å². The summed E-state index contributed by atoms with van der Waals surface area (Å²) in [5.41, 5.74) is 0.589. The number of hydrogen-bond acceptors (Lipinski definition) is 5. The minimum absolute atomic E-state index is 0.0162. The maximum absolute atomic E-state index is 12.8. The van der Waals surface area contributed by atoms with Gasteiger partial charge in [-0.2, -0.15) is 4.31 Å². The van der Waals surface area contributed by atoms with Crippen molar-refractivity contribution in [2.24, 2.45) is 5.14 Å². The third kappa shape index (κ3) is 4.96. The Labute approximate surface area is 185 Å². The number of nitrogens with one attached hydrogen (secondary N) is 1. The Morgan fingerprint density at radius 3 is 2.17 bits per heavy atom. The lowest BCUT2D eigenvalue weighted by Crippen LogP contribution is -2.29. The smallest absolute Gasteiger partial charge is 0.253 e. The Kier molecular flexibility index (Phi) is 6.75. The van der Waals surface area contributed by atoms with Gasteiger partial charge in [0.25, 0.3) is 5.91 Å². The van der Waals surface area contributed by atoms with E-state index in [0.717, 1.165) is 12.8 Å². The van der Waals surface area contributed by atoms with Crippen LogP contribution in [0.2, 0.25) is 10.0 Å². The molecule has 0 aromatic heterocycles. The second-order valence-corrected chi connectivity index (χ2v) is 11.0. The van der Waals surface area contributed by atoms with Crippen LogP contribution in [0.4, 0.5) is 0 Å². The van der Waals surface area contributed by atoms with Crippen LogP contribution in [-0.2, 0) is 26.6 Å². The van der Waals surface area contributed by atoms with E-state index < -0.39 is 26.0 Å². The number of halogens is 2. The first-order chi connectivity index (χ1) is 14.0. The number of benzene rings is 2. The summed E-state index contributed by atoms with van der Waals surface area (Å²) in [6.07, 6.45) is 1.53. The van der Waals surface area contributed by atoms with Crippen LogP contribution < -0.4 is 10.5 Å². The summed E-state index contributed by atoms with van der Waals surface area (Å²) in [4.78, 5) is 12.4. The first-order valence-corrected chi connectivity index (χ1v) is 12.6. The summed E-state index contributed by atoms with van der Waals surface area (Å²) in [5, 5.41) is 7.64. The van der Waals surface area contributed by atoms with Crippen molar-refractivity contribution < 1.29 is 21.6 Å². The van der Waals surface area contributed by atoms with E-state index in [1.54, 1.807) is 0 Å². The molecule has 8 nitrogen and oxygen atoms in total. The van der Waals surface area contributed by atoms with Crippen LogP contribution in [0.1, 0.15) is 28.8 Å². The second-order valence-electron chi connectivity index (χ2n) is 6.75. The Morgan fingerprint density at radius 1 is 1.00 bits per heavy atom. The van der Waals surface area contributed by atoms with Crippen LogP contribution in [0.15, 0.2) is 46.2 Å². The average Bonchev–Trinajstić information content (AvgIpc) is 3.21. The molecule has 1 fully saturated rings. The van der Waals surface area contributed by atoms with Crippen molar-refractivity contribution in [1.82, 2.24) is 9.62 Å². The van der Waals surface area contributed by atoms with Crippen LogP contribution in [0.5, 0.6) is 0 Å². The van der Waals surface area contributed by atoms with Gasteiger partial charge >= 0.3 is 0 Å². The van der Waals surface area contributed by atoms with Gasteiger partial charge in [-0.15, -0.1) is 0 Å². The minimum atomic E-state index is -3.83. The quantitative estimate of drug-likeness (QED) is 0.640. The molecule has 0 spiro atoms. The number of nitrogens with zero attached hydrogens (tertiary/aromatic N) is 1. The molecule has 1 aliphatic heterocycles. The van der Waals surface area contributed by atoms with E-state index in [4.69, 9.17) is 28.3 Å². The lowest BCUT2D eigenvalue weighted by Gasteiger charge is -2.17. The molecule has 0 unspecified atom stereocenters. The van der Waals surface area contributed by atoms with E-state index in [0.29, 0.717) is 18.7 Å². The minimum Gasteiger partial charge on any atom is -0.348 e. The summed E-state index contributed by atoms with van der Waals surface area (Å²) in [5.74, 6) is -0.593. The van der Waals surface area contributed by atoms with Gasteiger partial charge in [-0.3, -0.25) is 4.79 Å². The van der Waals surface area contributed by atoms with Crippen molar-refractivity contribution in [3.63, 3.8) is 0 Å². The standard InChI is InChI=1S/C18H19Cl2N3O5S2/c19-15-10-16(20)17(30(27,28)23-7-1-2-8-23)9-14(15)18(24)22-11-12-3-5-13(6-4-12)29(21,25)26/h3-6,9-10H,1-2,7-8,11H2,(H,22,24)(H2,21,25,26). The van der Waals surface area contributed by atoms with Gasteiger partial charge < -0.3 is 5.32 Å². The van der Waals surface area contributed by atoms with E-state index in [9.17, 15) is 21.6 Å². The fraction of sp³-hybridized carbons (Fsp3) is 0.278. The Balaban J connectivity index is 1.80. The highest BCUT2D eigenvalue weighted by atomic mass is 35.5. The van der Waals surface area contributed by atoms with E-state index in [-0.39, 0.29) is 31.9 Å². The number of rotatable bonds is 6. The molecule has 2 aromatic carbocycles. The molecular weight excluding hydrogens is 473 g/mol. The van der Waals surface area contributed by atoms with E-state index >= 15 is 0 Å². The summed E-state index contributed by atoms with van der Waals surface area (Å²) < 4.78 is 49.6. The van der Waals surface area contributed by atoms with Gasteiger partial charge in [0.05, 0.1) is 20.5 Å². The molecule has 12 heteroatoms. The summed E-state index contributed by atoms with van der Waals surface area (Å²) in [6, 6.07) is 8.08. The zero-order valence-electron chi connectivity index (χ0n) is 15.6. The highest BCUT2D eigenvalue weighted by Crippen LogP contribution is 2.32. The van der Waals surface area contributed by atoms with Crippen LogP contribution in [-0.4, -0.2) is 40.1 Å². The van der Waals surface area contributed by atoms with E-state index in [1.165, 1.54) is 40.7 Å². The molecule has 3 N–H and O–H groups in total. The molecule has 3 rings (SSSR count). The molecule has 1 heterocycles. The van der Waals surface area contributed by atoms with Gasteiger partial charge in [-0.1, -0.05) is 35.3 Å². The summed E-state index contributed by atoms with van der Waals surface area (Å²) in [6.45, 7) is 0.867. The van der Waals surface area contributed by atoms with Crippen molar-refractivity contribution in [2.45, 2.75) is 29.2 Å². The Hall–Kier alpha value is -1.69. The number of primary sulfonamides is 1. The molecule has 1 aliphatic rings. The van der Waals surface area contributed by atoms with Crippen molar-refractivity contribution in [1.29, 1.82) is 0 Å². The first kappa shape index (κ1) is 23.0. The third-order valence-electron chi connectivity index (χ3n) is 4.65. The van der Waals surface area contributed by atoms with Gasteiger partial charge in [-0.25, -0.2) is 22.0 Å². The lowest BCUT2D eigenvalue weighted by atomic mass is 10.2. The summed E-state index contributed by atoms with van der Waals surface area (Å²) in [7, 11) is -7.64. The van der Waals surface area contributed by atoms with Crippen LogP contribution >= 0.6 is 23.2 Å². The normalized spacial score (nSPS) is 15.3. The monoisotopic (exact) mass is 491 g/mol. The Bertz CT molecular complexity index is 1180. The average molecular weight is 492 g/mol. The van der Waals surface area contributed by atoms with Crippen molar-refractivity contribution >= 4 is 49.2 Å². The van der Waals surface area contributed by atoms with E-state index in [1.807, 2.05) is 0 Å². The van der Waals surface area contributed by atoms with E-state index in [2.05, 4.69) is 5.32 Å². The molecule has 30 heavy (non-hydrogen) atoms. The number of carbonyl (C=O) groups excluding carboxylic acids is 1. The fourth-order valence-corrected chi connectivity index (χ4v) is 5.91. The fourth-order valence-electron chi connectivity index (χ4n) is 3.04. The van der Waals surface area contributed by atoms with Crippen molar-refractivity contribution in [2.75, 3.05) is 13.1 Å². The maximum Gasteiger partial charge on any atom is 0.253 e. The highest BCUT2D eigenvalue weighted by Gasteiger charge is 2.30. The number of carbonyl (C=O) groups is 1. The zero-order valence-corrected chi connectivity index (χ0v) is 18.8. The van der Waals surface area contributed by atoms with Gasteiger partial charge in [0, 0.05) is 19.6 Å². The predicted molar refractivity (Wildman–Crippen MR) is 113 cm³/mol. The highest BCUT2D eigenvalue weighted by molar-refractivity contribution is 7.89. The van der Waals surface area contributed by atoms with Crippen LogP contribution in [0, 0.1) is 0 Å². The molecule has 162 valence electrons. The van der Waals surface area contributed by atoms with Gasteiger partial charge in [0.15, 0.2) is 0 Å². The molecule has 0 bridgehead atoms. The first-order valence-electron chi connectivity index (χ1n) is 8.89. The largest absolute Gasteiger partial charge is 0.348 e. The summed E-state index contributed by atoms with van der Waals surface area (Å²) >= 11 is 12.2. The molecule has 0 saturated carbocycles. The van der Waals surface area contributed by atoms with Gasteiger partial charge in [0.1, 0.15) is 4.90 Å². The molecule has 1 amide bonds. The molecule has 0 aliphatic carbocycles. The van der Waals surface area contributed by atoms with Gasteiger partial charge in [0.2, 0.25) is 20.0 Å². The SMILES string of the molecule is NS(=O)(=O)c1ccc(CNC(=O)c2cc(S(=O)(=O)N3CCCC3)c(Cl)cc2Cl)cc1. The van der Waals surface area contributed by atoms with Crippen LogP contribution in [0.3, 0.4) is 0 Å². The molecule has 0 atom stereocenters. The molecule has 2 aromatic rings. The predicted octanol–water partition coefficient (Wildman–Crippen LogP) is 2.36. The topological polar surface area (TPSA) is 127 Å². The maximum atomic E-state index is 12.8. The lowest BCUT2D eigenvalue weighted by molar-refractivity contribution is 0.0951. The molecule has 0 radical (unpaired) electrons. The van der Waals surface area contributed by atoms with Crippen LogP contribution in [0.25, 0.3) is 0 Å². The van der Waals surface area contributed by atoms with Crippen molar-refractivity contribution in [3.8, 4) is 0 Å². The molecular formula is C18H19Cl2N3O5S2. The molecule has 1 saturated heterocycles. The number of nitrogens with two attached hydrogens (primary N) is 1. The number of sulfonamides is 2. The number of amides is 1. The third-order valence-corrected chi connectivity index (χ3v) is 8.26. The van der Waals surface area contributed by atoms with Crippen molar-refractivity contribution in [3.05, 3.63) is 57.6 Å².